The molecule has 1 rings (SSSR count). The predicted octanol–water partition coefficient (Wildman–Crippen LogP) is 2.89. The van der Waals surface area contributed by atoms with Crippen LogP contribution in [0.3, 0.4) is 0 Å². The van der Waals surface area contributed by atoms with Gasteiger partial charge in [0.1, 0.15) is 11.5 Å². The molecule has 18 heavy (non-hydrogen) atoms. The number of benzene rings is 1. The first kappa shape index (κ1) is 14.1. The maximum Gasteiger partial charge on any atom is 0.303 e. The van der Waals surface area contributed by atoms with Crippen LogP contribution in [0.1, 0.15) is 24.0 Å². The van der Waals surface area contributed by atoms with Crippen LogP contribution in [-0.4, -0.2) is 25.3 Å². The molecule has 0 aliphatic carbocycles. The van der Waals surface area contributed by atoms with E-state index in [0.29, 0.717) is 6.42 Å². The van der Waals surface area contributed by atoms with Gasteiger partial charge in [-0.05, 0) is 31.0 Å². The minimum Gasteiger partial charge on any atom is -0.496 e. The Morgan fingerprint density at radius 1 is 1.28 bits per heavy atom. The van der Waals surface area contributed by atoms with Gasteiger partial charge >= 0.3 is 5.97 Å². The van der Waals surface area contributed by atoms with Crippen LogP contribution >= 0.6 is 0 Å². The second kappa shape index (κ2) is 6.69. The Morgan fingerprint density at radius 2 is 1.83 bits per heavy atom. The quantitative estimate of drug-likeness (QED) is 0.843. The lowest BCUT2D eigenvalue weighted by molar-refractivity contribution is -0.136. The molecule has 0 unspecified atom stereocenters. The number of rotatable bonds is 6. The molecule has 0 saturated heterocycles. The van der Waals surface area contributed by atoms with E-state index in [1.165, 1.54) is 0 Å². The summed E-state index contributed by atoms with van der Waals surface area (Å²) in [7, 11) is 3.22. The fourth-order valence-electron chi connectivity index (χ4n) is 1.63. The summed E-state index contributed by atoms with van der Waals surface area (Å²) < 4.78 is 10.5. The molecule has 1 aromatic carbocycles. The van der Waals surface area contributed by atoms with Crippen molar-refractivity contribution < 1.29 is 19.4 Å². The van der Waals surface area contributed by atoms with Gasteiger partial charge in [0, 0.05) is 12.0 Å². The lowest BCUT2D eigenvalue weighted by Crippen LogP contribution is -1.93. The van der Waals surface area contributed by atoms with Crippen molar-refractivity contribution in [3.63, 3.8) is 0 Å². The Hall–Kier alpha value is -1.97. The molecule has 0 bridgehead atoms. The molecule has 0 fully saturated rings. The number of allylic oxidation sites excluding steroid dienone is 1. The van der Waals surface area contributed by atoms with Gasteiger partial charge in [-0.2, -0.15) is 0 Å². The summed E-state index contributed by atoms with van der Waals surface area (Å²) in [6.07, 6.45) is 4.34. The average Bonchev–Trinajstić information content (AvgIpc) is 2.35. The molecule has 0 aliphatic rings. The first-order valence-corrected chi connectivity index (χ1v) is 5.69. The Labute approximate surface area is 107 Å². The van der Waals surface area contributed by atoms with Crippen molar-refractivity contribution in [1.82, 2.24) is 0 Å². The van der Waals surface area contributed by atoms with E-state index in [-0.39, 0.29) is 6.42 Å². The zero-order chi connectivity index (χ0) is 13.5. The second-order valence-corrected chi connectivity index (χ2v) is 3.89. The molecule has 98 valence electrons. The summed E-state index contributed by atoms with van der Waals surface area (Å²) in [6.45, 7) is 1.93. The van der Waals surface area contributed by atoms with Gasteiger partial charge in [-0.1, -0.05) is 12.2 Å². The maximum absolute atomic E-state index is 10.4. The van der Waals surface area contributed by atoms with Crippen LogP contribution < -0.4 is 9.47 Å². The molecule has 0 amide bonds. The van der Waals surface area contributed by atoms with Gasteiger partial charge in [0.25, 0.3) is 0 Å². The molecule has 4 heteroatoms. The number of ether oxygens (including phenoxy) is 2. The van der Waals surface area contributed by atoms with Gasteiger partial charge in [-0.15, -0.1) is 0 Å². The lowest BCUT2D eigenvalue weighted by atomic mass is 10.1. The predicted molar refractivity (Wildman–Crippen MR) is 70.2 cm³/mol. The number of methoxy groups -OCH3 is 2. The van der Waals surface area contributed by atoms with Gasteiger partial charge in [0.15, 0.2) is 0 Å². The fraction of sp³-hybridized carbons (Fsp3) is 0.357. The van der Waals surface area contributed by atoms with Crippen LogP contribution in [0.2, 0.25) is 0 Å². The number of carboxylic acid groups (broad SMARTS) is 1. The summed E-state index contributed by atoms with van der Waals surface area (Å²) in [6, 6.07) is 3.80. The molecule has 0 radical (unpaired) electrons. The molecule has 0 atom stereocenters. The van der Waals surface area contributed by atoms with E-state index < -0.39 is 5.97 Å². The van der Waals surface area contributed by atoms with Crippen molar-refractivity contribution in [2.24, 2.45) is 0 Å². The number of carboxylic acids is 1. The normalized spacial score (nSPS) is 10.6. The molecule has 0 heterocycles. The molecule has 0 saturated carbocycles. The molecular weight excluding hydrogens is 232 g/mol. The zero-order valence-corrected chi connectivity index (χ0v) is 10.9. The summed E-state index contributed by atoms with van der Waals surface area (Å²) in [5, 5.41) is 8.54. The Balaban J connectivity index is 2.86. The Kier molecular flexibility index (Phi) is 5.24. The molecule has 0 aromatic heterocycles. The van der Waals surface area contributed by atoms with Crippen LogP contribution in [0.4, 0.5) is 0 Å². The fourth-order valence-corrected chi connectivity index (χ4v) is 1.63. The molecule has 1 N–H and O–H groups in total. The van der Waals surface area contributed by atoms with Crippen molar-refractivity contribution in [1.29, 1.82) is 0 Å². The van der Waals surface area contributed by atoms with Crippen molar-refractivity contribution in [3.05, 3.63) is 29.3 Å². The second-order valence-electron chi connectivity index (χ2n) is 3.89. The van der Waals surface area contributed by atoms with Gasteiger partial charge < -0.3 is 14.6 Å². The van der Waals surface area contributed by atoms with Crippen molar-refractivity contribution >= 4 is 12.0 Å². The van der Waals surface area contributed by atoms with Gasteiger partial charge in [-0.25, -0.2) is 0 Å². The van der Waals surface area contributed by atoms with E-state index in [0.717, 1.165) is 22.6 Å². The topological polar surface area (TPSA) is 55.8 Å². The minimum atomic E-state index is -0.793. The average molecular weight is 250 g/mol. The van der Waals surface area contributed by atoms with E-state index in [9.17, 15) is 4.79 Å². The highest BCUT2D eigenvalue weighted by molar-refractivity contribution is 5.67. The maximum atomic E-state index is 10.4. The van der Waals surface area contributed by atoms with Crippen molar-refractivity contribution in [2.75, 3.05) is 14.2 Å². The third-order valence-corrected chi connectivity index (χ3v) is 2.61. The van der Waals surface area contributed by atoms with Crippen LogP contribution in [-0.2, 0) is 4.79 Å². The standard InChI is InChI=1S/C14H18O4/c1-10-12(17-2)8-11(9-13(10)18-3)6-4-5-7-14(15)16/h4,6,8-9H,5,7H2,1-3H3,(H,15,16)/b6-4+. The Bertz CT molecular complexity index is 424. The third kappa shape index (κ3) is 3.80. The van der Waals surface area contributed by atoms with E-state index >= 15 is 0 Å². The number of hydrogen-bond donors (Lipinski definition) is 1. The highest BCUT2D eigenvalue weighted by Gasteiger charge is 2.06. The Morgan fingerprint density at radius 3 is 2.28 bits per heavy atom. The molecule has 1 aromatic rings. The number of aliphatic carboxylic acids is 1. The van der Waals surface area contributed by atoms with Gasteiger partial charge in [0.05, 0.1) is 14.2 Å². The van der Waals surface area contributed by atoms with Crippen LogP contribution in [0.5, 0.6) is 11.5 Å². The number of carbonyl (C=O) groups is 1. The largest absolute Gasteiger partial charge is 0.496 e. The van der Waals surface area contributed by atoms with Gasteiger partial charge in [0.2, 0.25) is 0 Å². The number of hydrogen-bond acceptors (Lipinski definition) is 3. The highest BCUT2D eigenvalue weighted by Crippen LogP contribution is 2.29. The molecule has 0 aliphatic heterocycles. The van der Waals surface area contributed by atoms with Crippen LogP contribution in [0.15, 0.2) is 18.2 Å². The molecule has 0 spiro atoms. The molecular formula is C14H18O4. The van der Waals surface area contributed by atoms with Gasteiger partial charge in [-0.3, -0.25) is 4.79 Å². The summed E-state index contributed by atoms with van der Waals surface area (Å²) in [5.74, 6) is 0.721. The van der Waals surface area contributed by atoms with E-state index in [2.05, 4.69) is 0 Å². The van der Waals surface area contributed by atoms with Crippen molar-refractivity contribution in [2.45, 2.75) is 19.8 Å². The van der Waals surface area contributed by atoms with Crippen LogP contribution in [0.25, 0.3) is 6.08 Å². The SMILES string of the molecule is COc1cc(/C=C/CCC(=O)O)cc(OC)c1C. The van der Waals surface area contributed by atoms with Crippen LogP contribution in [0, 0.1) is 6.92 Å². The van der Waals surface area contributed by atoms with Crippen molar-refractivity contribution in [3.8, 4) is 11.5 Å². The third-order valence-electron chi connectivity index (χ3n) is 2.61. The summed E-state index contributed by atoms with van der Waals surface area (Å²) >= 11 is 0. The van der Waals surface area contributed by atoms with E-state index in [1.54, 1.807) is 14.2 Å². The summed E-state index contributed by atoms with van der Waals surface area (Å²) in [4.78, 5) is 10.4. The summed E-state index contributed by atoms with van der Waals surface area (Å²) in [5.41, 5.74) is 1.88. The first-order chi connectivity index (χ1) is 8.58. The highest BCUT2D eigenvalue weighted by atomic mass is 16.5. The minimum absolute atomic E-state index is 0.136. The smallest absolute Gasteiger partial charge is 0.303 e. The lowest BCUT2D eigenvalue weighted by Gasteiger charge is -2.10. The molecule has 4 nitrogen and oxygen atoms in total. The first-order valence-electron chi connectivity index (χ1n) is 5.69. The van der Waals surface area contributed by atoms with E-state index in [4.69, 9.17) is 14.6 Å². The monoisotopic (exact) mass is 250 g/mol. The van der Waals surface area contributed by atoms with E-state index in [1.807, 2.05) is 31.2 Å². The zero-order valence-electron chi connectivity index (χ0n) is 10.9.